The number of benzene rings is 1. The molecule has 0 spiro atoms. The molecule has 0 saturated carbocycles. The predicted octanol–water partition coefficient (Wildman–Crippen LogP) is 3.20. The van der Waals surface area contributed by atoms with E-state index in [2.05, 4.69) is 4.98 Å². The van der Waals surface area contributed by atoms with E-state index in [1.165, 1.54) is 0 Å². The number of aromatic carboxylic acids is 1. The number of hydrogen-bond donors (Lipinski definition) is 1. The van der Waals surface area contributed by atoms with Crippen molar-refractivity contribution < 1.29 is 9.90 Å². The van der Waals surface area contributed by atoms with Crippen molar-refractivity contribution in [3.8, 4) is 0 Å². The lowest BCUT2D eigenvalue weighted by molar-refractivity contribution is 0.0697. The van der Waals surface area contributed by atoms with E-state index in [0.29, 0.717) is 10.4 Å². The van der Waals surface area contributed by atoms with Crippen LogP contribution in [0, 0.1) is 13.8 Å². The van der Waals surface area contributed by atoms with E-state index in [1.807, 2.05) is 13.8 Å². The average Bonchev–Trinajstić information content (AvgIpc) is 2.19. The van der Waals surface area contributed by atoms with Crippen LogP contribution in [-0.2, 0) is 0 Å². The molecule has 3 nitrogen and oxygen atoms in total. The number of carboxylic acid groups (broad SMARTS) is 1. The fourth-order valence-electron chi connectivity index (χ4n) is 1.70. The van der Waals surface area contributed by atoms with Crippen LogP contribution in [0.4, 0.5) is 0 Å². The lowest BCUT2D eigenvalue weighted by Crippen LogP contribution is -1.98. The van der Waals surface area contributed by atoms with Crippen molar-refractivity contribution in [3.63, 3.8) is 0 Å². The van der Waals surface area contributed by atoms with Gasteiger partial charge in [0.05, 0.1) is 16.1 Å². The van der Waals surface area contributed by atoms with Crippen LogP contribution >= 0.6 is 11.6 Å². The fourth-order valence-corrected chi connectivity index (χ4v) is 2.01. The largest absolute Gasteiger partial charge is 0.478 e. The Kier molecular flexibility index (Phi) is 2.56. The van der Waals surface area contributed by atoms with E-state index in [-0.39, 0.29) is 5.56 Å². The van der Waals surface area contributed by atoms with Gasteiger partial charge in [-0.15, -0.1) is 0 Å². The summed E-state index contributed by atoms with van der Waals surface area (Å²) in [6, 6.07) is 4.89. The summed E-state index contributed by atoms with van der Waals surface area (Å²) in [6.45, 7) is 3.69. The molecular formula is C12H10ClNO2. The molecule has 0 radical (unpaired) electrons. The molecule has 0 bridgehead atoms. The number of carboxylic acids is 1. The number of aryl methyl sites for hydroxylation is 2. The highest BCUT2D eigenvalue weighted by Gasteiger charge is 2.10. The SMILES string of the molecule is Cc1cc(Cl)c2cc(C(=O)O)cc(C)c2n1. The van der Waals surface area contributed by atoms with E-state index in [1.54, 1.807) is 18.2 Å². The molecule has 1 aromatic heterocycles. The minimum atomic E-state index is -0.957. The Balaban J connectivity index is 2.87. The van der Waals surface area contributed by atoms with Gasteiger partial charge in [0.25, 0.3) is 0 Å². The summed E-state index contributed by atoms with van der Waals surface area (Å²) in [6.07, 6.45) is 0. The van der Waals surface area contributed by atoms with E-state index in [4.69, 9.17) is 16.7 Å². The third-order valence-corrected chi connectivity index (χ3v) is 2.74. The summed E-state index contributed by atoms with van der Waals surface area (Å²) >= 11 is 6.08. The number of carbonyl (C=O) groups is 1. The molecule has 82 valence electrons. The zero-order valence-electron chi connectivity index (χ0n) is 8.91. The monoisotopic (exact) mass is 235 g/mol. The zero-order chi connectivity index (χ0) is 11.9. The van der Waals surface area contributed by atoms with Crippen LogP contribution in [0.15, 0.2) is 18.2 Å². The van der Waals surface area contributed by atoms with Gasteiger partial charge in [0, 0.05) is 11.1 Å². The van der Waals surface area contributed by atoms with Crippen molar-refractivity contribution in [1.82, 2.24) is 4.98 Å². The van der Waals surface area contributed by atoms with Gasteiger partial charge in [0.15, 0.2) is 0 Å². The summed E-state index contributed by atoms with van der Waals surface area (Å²) in [5.41, 5.74) is 2.64. The van der Waals surface area contributed by atoms with Gasteiger partial charge in [-0.2, -0.15) is 0 Å². The van der Waals surface area contributed by atoms with Crippen LogP contribution in [0.2, 0.25) is 5.02 Å². The molecule has 0 fully saturated rings. The van der Waals surface area contributed by atoms with Gasteiger partial charge in [-0.1, -0.05) is 11.6 Å². The number of pyridine rings is 1. The Morgan fingerprint density at radius 3 is 2.62 bits per heavy atom. The van der Waals surface area contributed by atoms with Gasteiger partial charge < -0.3 is 5.11 Å². The number of rotatable bonds is 1. The van der Waals surface area contributed by atoms with Crippen LogP contribution in [0.5, 0.6) is 0 Å². The maximum absolute atomic E-state index is 10.9. The van der Waals surface area contributed by atoms with E-state index in [9.17, 15) is 4.79 Å². The van der Waals surface area contributed by atoms with Gasteiger partial charge in [-0.25, -0.2) is 4.79 Å². The Hall–Kier alpha value is -1.61. The molecule has 4 heteroatoms. The van der Waals surface area contributed by atoms with Crippen LogP contribution in [0.3, 0.4) is 0 Å². The Morgan fingerprint density at radius 1 is 1.31 bits per heavy atom. The average molecular weight is 236 g/mol. The zero-order valence-corrected chi connectivity index (χ0v) is 9.67. The maximum atomic E-state index is 10.9. The molecule has 1 aromatic carbocycles. The standard InChI is InChI=1S/C12H10ClNO2/c1-6-3-8(12(15)16)5-9-10(13)4-7(2)14-11(6)9/h3-5H,1-2H3,(H,15,16). The highest BCUT2D eigenvalue weighted by molar-refractivity contribution is 6.35. The third kappa shape index (κ3) is 1.74. The van der Waals surface area contributed by atoms with E-state index < -0.39 is 5.97 Å². The Morgan fingerprint density at radius 2 is 2.00 bits per heavy atom. The molecule has 0 aliphatic rings. The molecule has 0 saturated heterocycles. The van der Waals surface area contributed by atoms with Crippen molar-refractivity contribution in [2.24, 2.45) is 0 Å². The van der Waals surface area contributed by atoms with Crippen LogP contribution in [0.25, 0.3) is 10.9 Å². The van der Waals surface area contributed by atoms with Crippen LogP contribution < -0.4 is 0 Å². The van der Waals surface area contributed by atoms with Gasteiger partial charge in [0.1, 0.15) is 0 Å². The Labute approximate surface area is 97.7 Å². The highest BCUT2D eigenvalue weighted by Crippen LogP contribution is 2.26. The normalized spacial score (nSPS) is 10.7. The van der Waals surface area contributed by atoms with E-state index >= 15 is 0 Å². The van der Waals surface area contributed by atoms with Crippen molar-refractivity contribution >= 4 is 28.5 Å². The second-order valence-electron chi connectivity index (χ2n) is 3.74. The number of nitrogens with zero attached hydrogens (tertiary/aromatic N) is 1. The minimum Gasteiger partial charge on any atom is -0.478 e. The highest BCUT2D eigenvalue weighted by atomic mass is 35.5. The number of halogens is 1. The van der Waals surface area contributed by atoms with Crippen LogP contribution in [0.1, 0.15) is 21.6 Å². The summed E-state index contributed by atoms with van der Waals surface area (Å²) < 4.78 is 0. The first-order chi connectivity index (χ1) is 7.49. The molecule has 1 N–H and O–H groups in total. The second kappa shape index (κ2) is 3.76. The molecule has 2 rings (SSSR count). The van der Waals surface area contributed by atoms with Gasteiger partial charge in [-0.05, 0) is 37.6 Å². The predicted molar refractivity (Wildman–Crippen MR) is 63.2 cm³/mol. The van der Waals surface area contributed by atoms with Crippen molar-refractivity contribution in [2.75, 3.05) is 0 Å². The number of fused-ring (bicyclic) bond motifs is 1. The lowest BCUT2D eigenvalue weighted by atomic mass is 10.1. The molecule has 2 aromatic rings. The summed E-state index contributed by atoms with van der Waals surface area (Å²) in [4.78, 5) is 15.3. The van der Waals surface area contributed by atoms with Gasteiger partial charge >= 0.3 is 5.97 Å². The molecule has 16 heavy (non-hydrogen) atoms. The Bertz CT molecular complexity index is 593. The summed E-state index contributed by atoms with van der Waals surface area (Å²) in [7, 11) is 0. The quantitative estimate of drug-likeness (QED) is 0.826. The van der Waals surface area contributed by atoms with Crippen LogP contribution in [-0.4, -0.2) is 16.1 Å². The molecule has 1 heterocycles. The van der Waals surface area contributed by atoms with Crippen molar-refractivity contribution in [2.45, 2.75) is 13.8 Å². The molecule has 0 aliphatic carbocycles. The number of aromatic nitrogens is 1. The fraction of sp³-hybridized carbons (Fsp3) is 0.167. The topological polar surface area (TPSA) is 50.2 Å². The summed E-state index contributed by atoms with van der Waals surface area (Å²) in [5, 5.41) is 10.2. The smallest absolute Gasteiger partial charge is 0.335 e. The molecule has 0 unspecified atom stereocenters. The van der Waals surface area contributed by atoms with Crippen molar-refractivity contribution in [3.05, 3.63) is 40.0 Å². The third-order valence-electron chi connectivity index (χ3n) is 2.43. The number of hydrogen-bond acceptors (Lipinski definition) is 2. The van der Waals surface area contributed by atoms with E-state index in [0.717, 1.165) is 16.8 Å². The molecular weight excluding hydrogens is 226 g/mol. The van der Waals surface area contributed by atoms with Gasteiger partial charge in [0.2, 0.25) is 0 Å². The first kappa shape index (κ1) is 10.9. The minimum absolute atomic E-state index is 0.234. The summed E-state index contributed by atoms with van der Waals surface area (Å²) in [5.74, 6) is -0.957. The first-order valence-corrected chi connectivity index (χ1v) is 5.17. The van der Waals surface area contributed by atoms with Gasteiger partial charge in [-0.3, -0.25) is 4.98 Å². The second-order valence-corrected chi connectivity index (χ2v) is 4.15. The van der Waals surface area contributed by atoms with Crippen molar-refractivity contribution in [1.29, 1.82) is 0 Å². The first-order valence-electron chi connectivity index (χ1n) is 4.80. The molecule has 0 atom stereocenters. The molecule has 0 amide bonds. The lowest BCUT2D eigenvalue weighted by Gasteiger charge is -2.06. The molecule has 0 aliphatic heterocycles. The maximum Gasteiger partial charge on any atom is 0.335 e.